The van der Waals surface area contributed by atoms with Crippen LogP contribution in [-0.2, 0) is 6.54 Å². The minimum absolute atomic E-state index is 0.134. The van der Waals surface area contributed by atoms with E-state index in [9.17, 15) is 12.9 Å². The lowest BCUT2D eigenvalue weighted by Crippen LogP contribution is -2.37. The first-order valence-corrected chi connectivity index (χ1v) is 5.13. The minimum atomic E-state index is -4.94. The Morgan fingerprint density at radius 1 is 1.36 bits per heavy atom. The SMILES string of the molecule is Cc1c(I)cc(CN)cc1[B-](F)(F)F. The van der Waals surface area contributed by atoms with Crippen molar-refractivity contribution in [3.8, 4) is 0 Å². The summed E-state index contributed by atoms with van der Waals surface area (Å²) in [7, 11) is 0. The fourth-order valence-electron chi connectivity index (χ4n) is 1.22. The second kappa shape index (κ2) is 4.10. The average Bonchev–Trinajstić information content (AvgIpc) is 2.07. The third-order valence-electron chi connectivity index (χ3n) is 2.03. The van der Waals surface area contributed by atoms with E-state index in [-0.39, 0.29) is 12.1 Å². The molecular weight excluding hydrogens is 305 g/mol. The van der Waals surface area contributed by atoms with Gasteiger partial charge in [0.25, 0.3) is 0 Å². The normalized spacial score (nSPS) is 11.9. The van der Waals surface area contributed by atoms with E-state index in [0.29, 0.717) is 9.13 Å². The first kappa shape index (κ1) is 11.8. The third kappa shape index (κ3) is 2.41. The van der Waals surface area contributed by atoms with Crippen molar-refractivity contribution >= 4 is 35.0 Å². The van der Waals surface area contributed by atoms with E-state index >= 15 is 0 Å². The van der Waals surface area contributed by atoms with Gasteiger partial charge < -0.3 is 18.7 Å². The zero-order valence-electron chi connectivity index (χ0n) is 7.53. The van der Waals surface area contributed by atoms with Crippen molar-refractivity contribution in [2.24, 2.45) is 5.73 Å². The van der Waals surface area contributed by atoms with Crippen LogP contribution in [-0.4, -0.2) is 6.98 Å². The largest absolute Gasteiger partial charge is 0.509 e. The van der Waals surface area contributed by atoms with Crippen molar-refractivity contribution in [3.05, 3.63) is 26.8 Å². The lowest BCUT2D eigenvalue weighted by Gasteiger charge is -2.20. The second-order valence-electron chi connectivity index (χ2n) is 3.07. The van der Waals surface area contributed by atoms with Gasteiger partial charge in [-0.05, 0) is 41.1 Å². The smallest absolute Gasteiger partial charge is 0.445 e. The highest BCUT2D eigenvalue weighted by atomic mass is 127. The van der Waals surface area contributed by atoms with Gasteiger partial charge in [-0.25, -0.2) is 0 Å². The predicted molar refractivity (Wildman–Crippen MR) is 60.5 cm³/mol. The van der Waals surface area contributed by atoms with Crippen LogP contribution in [0.2, 0.25) is 0 Å². The van der Waals surface area contributed by atoms with Crippen molar-refractivity contribution in [1.29, 1.82) is 0 Å². The molecule has 6 heteroatoms. The molecule has 0 bridgehead atoms. The summed E-state index contributed by atoms with van der Waals surface area (Å²) in [5, 5.41) is 0. The van der Waals surface area contributed by atoms with Gasteiger partial charge in [0.15, 0.2) is 0 Å². The zero-order valence-corrected chi connectivity index (χ0v) is 9.69. The van der Waals surface area contributed by atoms with E-state index in [0.717, 1.165) is 6.07 Å². The molecule has 1 rings (SSSR count). The number of rotatable bonds is 2. The highest BCUT2D eigenvalue weighted by molar-refractivity contribution is 14.1. The average molecular weight is 314 g/mol. The van der Waals surface area contributed by atoms with Crippen molar-refractivity contribution in [3.63, 3.8) is 0 Å². The molecule has 1 aromatic rings. The topological polar surface area (TPSA) is 26.0 Å². The molecule has 0 heterocycles. The van der Waals surface area contributed by atoms with Gasteiger partial charge in [0.1, 0.15) is 0 Å². The van der Waals surface area contributed by atoms with Gasteiger partial charge in [0.05, 0.1) is 0 Å². The van der Waals surface area contributed by atoms with Crippen molar-refractivity contribution in [2.75, 3.05) is 0 Å². The molecule has 0 radical (unpaired) electrons. The van der Waals surface area contributed by atoms with Crippen LogP contribution in [0.15, 0.2) is 12.1 Å². The Kier molecular flexibility index (Phi) is 3.46. The van der Waals surface area contributed by atoms with E-state index in [4.69, 9.17) is 5.73 Å². The number of hydrogen-bond acceptors (Lipinski definition) is 1. The molecule has 0 saturated heterocycles. The maximum Gasteiger partial charge on any atom is 0.509 e. The van der Waals surface area contributed by atoms with Gasteiger partial charge >= 0.3 is 6.98 Å². The molecule has 0 aliphatic heterocycles. The highest BCUT2D eigenvalue weighted by Crippen LogP contribution is 2.18. The quantitative estimate of drug-likeness (QED) is 0.657. The van der Waals surface area contributed by atoms with Crippen LogP contribution < -0.4 is 11.2 Å². The van der Waals surface area contributed by atoms with Crippen LogP contribution in [0.5, 0.6) is 0 Å². The number of benzene rings is 1. The molecule has 0 atom stereocenters. The standard InChI is InChI=1S/C8H9BF3IN/c1-5-7(9(10,11)12)2-6(4-14)3-8(5)13/h2-3H,4,14H2,1H3/q-1. The van der Waals surface area contributed by atoms with Crippen molar-refractivity contribution in [2.45, 2.75) is 13.5 Å². The summed E-state index contributed by atoms with van der Waals surface area (Å²) < 4.78 is 38.3. The van der Waals surface area contributed by atoms with E-state index in [1.165, 1.54) is 6.92 Å². The molecule has 0 saturated carbocycles. The summed E-state index contributed by atoms with van der Waals surface area (Å²) in [5.74, 6) is 0. The van der Waals surface area contributed by atoms with Gasteiger partial charge in [0.2, 0.25) is 0 Å². The lowest BCUT2D eigenvalue weighted by molar-refractivity contribution is 0.500. The highest BCUT2D eigenvalue weighted by Gasteiger charge is 2.28. The molecule has 0 aliphatic rings. The number of hydrogen-bond donors (Lipinski definition) is 1. The van der Waals surface area contributed by atoms with Gasteiger partial charge in [-0.15, -0.1) is 5.46 Å². The van der Waals surface area contributed by atoms with Crippen LogP contribution >= 0.6 is 22.6 Å². The Bertz CT molecular complexity index is 351. The minimum Gasteiger partial charge on any atom is -0.445 e. The van der Waals surface area contributed by atoms with Crippen molar-refractivity contribution in [1.82, 2.24) is 0 Å². The van der Waals surface area contributed by atoms with E-state index < -0.39 is 12.4 Å². The molecule has 1 nitrogen and oxygen atoms in total. The Morgan fingerprint density at radius 3 is 2.36 bits per heavy atom. The lowest BCUT2D eigenvalue weighted by atomic mass is 9.76. The molecule has 0 unspecified atom stereocenters. The molecule has 0 aromatic heterocycles. The van der Waals surface area contributed by atoms with Crippen LogP contribution in [0.1, 0.15) is 11.1 Å². The maximum atomic E-state index is 12.6. The monoisotopic (exact) mass is 314 g/mol. The molecule has 78 valence electrons. The van der Waals surface area contributed by atoms with Crippen LogP contribution in [0.3, 0.4) is 0 Å². The number of halogens is 4. The Morgan fingerprint density at radius 2 is 1.93 bits per heavy atom. The zero-order chi connectivity index (χ0) is 10.9. The maximum absolute atomic E-state index is 12.6. The van der Waals surface area contributed by atoms with Gasteiger partial charge in [-0.3, -0.25) is 0 Å². The molecule has 0 amide bonds. The Labute approximate surface area is 94.1 Å². The number of nitrogens with two attached hydrogens (primary N) is 1. The summed E-state index contributed by atoms with van der Waals surface area (Å²) in [6.07, 6.45) is 0. The summed E-state index contributed by atoms with van der Waals surface area (Å²) in [4.78, 5) is 0. The predicted octanol–water partition coefficient (Wildman–Crippen LogP) is 2.11. The van der Waals surface area contributed by atoms with Gasteiger partial charge in [0, 0.05) is 10.1 Å². The molecule has 2 N–H and O–H groups in total. The molecule has 0 fully saturated rings. The molecule has 1 aromatic carbocycles. The van der Waals surface area contributed by atoms with Gasteiger partial charge in [-0.2, -0.15) is 0 Å². The van der Waals surface area contributed by atoms with E-state index in [2.05, 4.69) is 0 Å². The van der Waals surface area contributed by atoms with Crippen LogP contribution in [0.25, 0.3) is 0 Å². The Balaban J connectivity index is 3.35. The van der Waals surface area contributed by atoms with Gasteiger partial charge in [-0.1, -0.05) is 11.6 Å². The first-order chi connectivity index (χ1) is 6.36. The fourth-order valence-corrected chi connectivity index (χ4v) is 1.93. The van der Waals surface area contributed by atoms with Crippen LogP contribution in [0, 0.1) is 10.5 Å². The molecular formula is C8H9BF3IN-. The second-order valence-corrected chi connectivity index (χ2v) is 4.23. The summed E-state index contributed by atoms with van der Waals surface area (Å²) >= 11 is 1.89. The fraction of sp³-hybridized carbons (Fsp3) is 0.250. The first-order valence-electron chi connectivity index (χ1n) is 4.05. The molecule has 0 aliphatic carbocycles. The van der Waals surface area contributed by atoms with E-state index in [1.54, 1.807) is 6.07 Å². The van der Waals surface area contributed by atoms with Crippen LogP contribution in [0.4, 0.5) is 12.9 Å². The molecule has 14 heavy (non-hydrogen) atoms. The Hall–Kier alpha value is -0.235. The third-order valence-corrected chi connectivity index (χ3v) is 3.15. The summed E-state index contributed by atoms with van der Waals surface area (Å²) in [5.41, 5.74) is 5.60. The summed E-state index contributed by atoms with van der Waals surface area (Å²) in [6, 6.07) is 2.82. The molecule has 0 spiro atoms. The van der Waals surface area contributed by atoms with Crippen molar-refractivity contribution < 1.29 is 12.9 Å². The van der Waals surface area contributed by atoms with E-state index in [1.807, 2.05) is 22.6 Å². The summed E-state index contributed by atoms with van der Waals surface area (Å²) in [6.45, 7) is -3.32.